The third-order valence-corrected chi connectivity index (χ3v) is 11.9. The molecule has 0 aromatic rings. The van der Waals surface area contributed by atoms with Gasteiger partial charge < -0.3 is 44.6 Å². The Bertz CT molecular complexity index is 1460. The fourth-order valence-corrected chi connectivity index (χ4v) is 7.94. The lowest BCUT2D eigenvalue weighted by atomic mass is 9.85. The zero-order valence-electron chi connectivity index (χ0n) is 38.5. The summed E-state index contributed by atoms with van der Waals surface area (Å²) in [5.41, 5.74) is 0. The fourth-order valence-electron chi connectivity index (χ4n) is 6.97. The van der Waals surface area contributed by atoms with Gasteiger partial charge in [-0.1, -0.05) is 125 Å². The number of hydrogen-bond acceptors (Lipinski definition) is 13. The van der Waals surface area contributed by atoms with Gasteiger partial charge in [-0.15, -0.1) is 0 Å². The summed E-state index contributed by atoms with van der Waals surface area (Å²) in [4.78, 5) is 35.9. The van der Waals surface area contributed by atoms with Crippen molar-refractivity contribution in [3.05, 3.63) is 72.9 Å². The first kappa shape index (κ1) is 57.4. The van der Waals surface area contributed by atoms with Crippen molar-refractivity contribution in [3.63, 3.8) is 0 Å². The Balaban J connectivity index is 1.75. The van der Waals surface area contributed by atoms with Gasteiger partial charge in [-0.25, -0.2) is 4.57 Å². The number of ether oxygens (including phenoxy) is 3. The molecule has 2 fully saturated rings. The molecule has 64 heavy (non-hydrogen) atoms. The van der Waals surface area contributed by atoms with Crippen molar-refractivity contribution in [2.45, 2.75) is 210 Å². The van der Waals surface area contributed by atoms with Crippen molar-refractivity contribution in [2.24, 2.45) is 0 Å². The molecule has 1 saturated carbocycles. The van der Waals surface area contributed by atoms with Crippen LogP contribution in [-0.4, -0.2) is 111 Å². The Morgan fingerprint density at radius 1 is 0.562 bits per heavy atom. The third kappa shape index (κ3) is 27.0. The van der Waals surface area contributed by atoms with Crippen molar-refractivity contribution in [1.29, 1.82) is 0 Å². The molecule has 0 spiro atoms. The number of rotatable bonds is 37. The van der Waals surface area contributed by atoms with Crippen LogP contribution in [0.3, 0.4) is 0 Å². The lowest BCUT2D eigenvalue weighted by Gasteiger charge is -2.41. The first-order valence-corrected chi connectivity index (χ1v) is 25.4. The second kappa shape index (κ2) is 35.4. The molecule has 1 heterocycles. The van der Waals surface area contributed by atoms with E-state index in [-0.39, 0.29) is 25.0 Å². The lowest BCUT2D eigenvalue weighted by Crippen LogP contribution is -2.64. The highest BCUT2D eigenvalue weighted by Gasteiger charge is 2.51. The summed E-state index contributed by atoms with van der Waals surface area (Å²) in [6.07, 6.45) is 32.5. The van der Waals surface area contributed by atoms with Gasteiger partial charge in [0.15, 0.2) is 6.10 Å². The van der Waals surface area contributed by atoms with Gasteiger partial charge in [-0.05, 0) is 89.9 Å². The Labute approximate surface area is 382 Å². The number of hydrogen-bond donors (Lipinski definition) is 6. The smallest absolute Gasteiger partial charge is 0.462 e. The maximum atomic E-state index is 12.8. The number of unbranched alkanes of at least 4 members (excludes halogenated alkanes) is 10. The quantitative estimate of drug-likeness (QED) is 0.0113. The molecule has 1 saturated heterocycles. The third-order valence-electron chi connectivity index (χ3n) is 10.9. The zero-order valence-corrected chi connectivity index (χ0v) is 39.4. The van der Waals surface area contributed by atoms with Crippen LogP contribution < -0.4 is 0 Å². The van der Waals surface area contributed by atoms with Crippen LogP contribution in [0.1, 0.15) is 155 Å². The van der Waals surface area contributed by atoms with Crippen LogP contribution in [0.25, 0.3) is 0 Å². The minimum Gasteiger partial charge on any atom is -0.462 e. The van der Waals surface area contributed by atoms with Crippen LogP contribution in [0.15, 0.2) is 72.9 Å². The maximum Gasteiger partial charge on any atom is 0.472 e. The normalized spacial score (nSPS) is 25.4. The van der Waals surface area contributed by atoms with Crippen molar-refractivity contribution in [1.82, 2.24) is 0 Å². The molecule has 14 nitrogen and oxygen atoms in total. The van der Waals surface area contributed by atoms with Crippen LogP contribution >= 0.6 is 7.82 Å². The van der Waals surface area contributed by atoms with Gasteiger partial charge in [-0.3, -0.25) is 18.6 Å². The lowest BCUT2D eigenvalue weighted by molar-refractivity contribution is -0.220. The Morgan fingerprint density at radius 2 is 1.03 bits per heavy atom. The molecule has 10 atom stereocenters. The van der Waals surface area contributed by atoms with Gasteiger partial charge in [0.1, 0.15) is 43.2 Å². The zero-order chi connectivity index (χ0) is 46.8. The Hall–Kier alpha value is -2.75. The van der Waals surface area contributed by atoms with Crippen molar-refractivity contribution in [3.8, 4) is 0 Å². The number of carbonyl (C=O) groups excluding carboxylic acids is 2. The minimum absolute atomic E-state index is 0.0509. The Morgan fingerprint density at radius 3 is 1.58 bits per heavy atom. The highest BCUT2D eigenvalue weighted by molar-refractivity contribution is 7.47. The highest BCUT2D eigenvalue weighted by Crippen LogP contribution is 2.47. The molecule has 0 bridgehead atoms. The molecule has 1 aliphatic carbocycles. The molecule has 0 amide bonds. The molecular formula is C49H81O14P. The molecule has 1 aliphatic heterocycles. The van der Waals surface area contributed by atoms with Gasteiger partial charge in [-0.2, -0.15) is 0 Å². The molecule has 366 valence electrons. The van der Waals surface area contributed by atoms with Gasteiger partial charge >= 0.3 is 19.8 Å². The van der Waals surface area contributed by atoms with Gasteiger partial charge in [0, 0.05) is 12.8 Å². The average Bonchev–Trinajstić information content (AvgIpc) is 4.03. The summed E-state index contributed by atoms with van der Waals surface area (Å²) in [6.45, 7) is 3.15. The second-order valence-electron chi connectivity index (χ2n) is 16.6. The van der Waals surface area contributed by atoms with Crippen molar-refractivity contribution in [2.75, 3.05) is 13.2 Å². The summed E-state index contributed by atoms with van der Waals surface area (Å²) in [6, 6.07) is 0. The monoisotopic (exact) mass is 925 g/mol. The molecule has 2 aliphatic rings. The number of epoxide rings is 1. The number of allylic oxidation sites excluding steroid dienone is 11. The standard InChI is InChI=1S/C49H81O14P/c1-3-5-7-9-11-13-15-17-18-19-20-21-23-25-27-29-31-35-43(51)61-39(38-60-64(57,58)63-49-47(55)45(53)44(52)46(54)48(49)56)37-59-42(50)36-32-34-41-40(62-41)33-30-28-26-24-22-16-14-12-10-8-6-4-2/h11-14,17-18,20-22,24,28,30,39-41,44-49,52-56H,3-10,15-16,19,23,25-27,29,31-38H2,1-2H3,(H,57,58)/b13-11-,14-12-,18-17-,21-20-,24-22-,30-28-/t39-,40?,41?,44?,45-,46+,47-,48-,49?/m1/s1. The topological polar surface area (TPSA) is 222 Å². The first-order valence-electron chi connectivity index (χ1n) is 23.9. The number of esters is 2. The van der Waals surface area contributed by atoms with Crippen LogP contribution in [0.5, 0.6) is 0 Å². The molecule has 6 N–H and O–H groups in total. The van der Waals surface area contributed by atoms with E-state index in [1.807, 2.05) is 0 Å². The van der Waals surface area contributed by atoms with E-state index in [1.54, 1.807) is 0 Å². The van der Waals surface area contributed by atoms with E-state index in [0.717, 1.165) is 70.6 Å². The van der Waals surface area contributed by atoms with Gasteiger partial charge in [0.25, 0.3) is 0 Å². The van der Waals surface area contributed by atoms with Crippen molar-refractivity contribution >= 4 is 19.8 Å². The van der Waals surface area contributed by atoms with E-state index in [1.165, 1.54) is 38.5 Å². The molecule has 15 heteroatoms. The van der Waals surface area contributed by atoms with E-state index in [0.29, 0.717) is 19.3 Å². The van der Waals surface area contributed by atoms with Crippen LogP contribution in [0, 0.1) is 0 Å². The number of carbonyl (C=O) groups is 2. The number of aliphatic hydroxyl groups is 5. The number of phosphoric ester groups is 1. The summed E-state index contributed by atoms with van der Waals surface area (Å²) in [5.74, 6) is -1.21. The SMILES string of the molecule is CCCCC/C=C\C/C=C\C/C=C\CCCCCCC(=O)O[C@H](COC(=O)CCCC1OC1C/C=C\C/C=C\C/C=C\CCCCC)COP(=O)(O)OC1[C@H](O)[C@H](O)C(O)[C@H](O)[C@H]1O. The number of aliphatic hydroxyl groups excluding tert-OH is 5. The van der Waals surface area contributed by atoms with Crippen LogP contribution in [-0.2, 0) is 37.4 Å². The first-order chi connectivity index (χ1) is 30.9. The van der Waals surface area contributed by atoms with E-state index in [9.17, 15) is 44.6 Å². The molecular weight excluding hydrogens is 843 g/mol. The molecule has 0 aromatic carbocycles. The molecule has 0 aromatic heterocycles. The predicted octanol–water partition coefficient (Wildman–Crippen LogP) is 8.49. The maximum absolute atomic E-state index is 12.8. The summed E-state index contributed by atoms with van der Waals surface area (Å²) in [7, 11) is -5.15. The Kier molecular flexibility index (Phi) is 31.8. The predicted molar refractivity (Wildman–Crippen MR) is 248 cm³/mol. The van der Waals surface area contributed by atoms with Crippen LogP contribution in [0.2, 0.25) is 0 Å². The highest BCUT2D eigenvalue weighted by atomic mass is 31.2. The summed E-state index contributed by atoms with van der Waals surface area (Å²) in [5, 5.41) is 50.2. The van der Waals surface area contributed by atoms with Gasteiger partial charge in [0.2, 0.25) is 0 Å². The second-order valence-corrected chi connectivity index (χ2v) is 18.0. The molecule has 2 rings (SSSR count). The summed E-state index contributed by atoms with van der Waals surface area (Å²) >= 11 is 0. The number of phosphoric acid groups is 1. The largest absolute Gasteiger partial charge is 0.472 e. The van der Waals surface area contributed by atoms with E-state index >= 15 is 0 Å². The van der Waals surface area contributed by atoms with Crippen molar-refractivity contribution < 1.29 is 67.8 Å². The fraction of sp³-hybridized carbons (Fsp3) is 0.714. The average molecular weight is 925 g/mol. The van der Waals surface area contributed by atoms with E-state index in [4.69, 9.17) is 23.3 Å². The van der Waals surface area contributed by atoms with E-state index in [2.05, 4.69) is 86.8 Å². The molecule has 0 radical (unpaired) electrons. The van der Waals surface area contributed by atoms with E-state index < -0.39 is 75.7 Å². The minimum atomic E-state index is -5.15. The summed E-state index contributed by atoms with van der Waals surface area (Å²) < 4.78 is 39.3. The molecule has 5 unspecified atom stereocenters. The van der Waals surface area contributed by atoms with Crippen LogP contribution in [0.4, 0.5) is 0 Å². The van der Waals surface area contributed by atoms with Gasteiger partial charge in [0.05, 0.1) is 18.8 Å².